The normalized spacial score (nSPS) is 22.8. The molecule has 0 bridgehead atoms. The highest BCUT2D eigenvalue weighted by molar-refractivity contribution is 8.00. The maximum Gasteiger partial charge on any atom is 0.0172 e. The summed E-state index contributed by atoms with van der Waals surface area (Å²) < 4.78 is 0. The van der Waals surface area contributed by atoms with Gasteiger partial charge in [0.15, 0.2) is 0 Å². The molecule has 2 N–H and O–H groups in total. The third-order valence-electron chi connectivity index (χ3n) is 2.25. The molecule has 1 aliphatic heterocycles. The Morgan fingerprint density at radius 1 is 1.38 bits per heavy atom. The summed E-state index contributed by atoms with van der Waals surface area (Å²) in [4.78, 5) is 0. The molecule has 0 amide bonds. The maximum absolute atomic E-state index is 3.50. The average Bonchev–Trinajstić information content (AvgIpc) is 2.55. The lowest BCUT2D eigenvalue weighted by atomic mass is 10.2. The van der Waals surface area contributed by atoms with E-state index in [9.17, 15) is 0 Å². The molecule has 0 spiro atoms. The van der Waals surface area contributed by atoms with Crippen molar-refractivity contribution >= 4 is 11.8 Å². The van der Waals surface area contributed by atoms with Gasteiger partial charge < -0.3 is 10.6 Å². The Labute approximate surface area is 86.2 Å². The van der Waals surface area contributed by atoms with Crippen LogP contribution in [-0.4, -0.2) is 36.7 Å². The van der Waals surface area contributed by atoms with Gasteiger partial charge in [0.1, 0.15) is 0 Å². The molecule has 3 heteroatoms. The molecule has 0 aliphatic carbocycles. The van der Waals surface area contributed by atoms with Crippen LogP contribution in [0.5, 0.6) is 0 Å². The summed E-state index contributed by atoms with van der Waals surface area (Å²) in [5, 5.41) is 7.79. The average molecular weight is 202 g/mol. The minimum atomic E-state index is 0.614. The third-order valence-corrected chi connectivity index (χ3v) is 3.65. The molecule has 1 atom stereocenters. The number of nitrogens with one attached hydrogen (secondary N) is 2. The second-order valence-electron chi connectivity index (χ2n) is 3.95. The van der Waals surface area contributed by atoms with Gasteiger partial charge in [-0.3, -0.25) is 0 Å². The van der Waals surface area contributed by atoms with Crippen LogP contribution in [0.15, 0.2) is 0 Å². The Morgan fingerprint density at radius 3 is 2.85 bits per heavy atom. The highest BCUT2D eigenvalue weighted by Crippen LogP contribution is 2.24. The number of thioether (sulfide) groups is 1. The summed E-state index contributed by atoms with van der Waals surface area (Å²) in [5.74, 6) is 1.37. The molecule has 0 aromatic rings. The number of rotatable bonds is 6. The number of hydrogen-bond acceptors (Lipinski definition) is 3. The van der Waals surface area contributed by atoms with Crippen LogP contribution in [0.4, 0.5) is 0 Å². The van der Waals surface area contributed by atoms with Crippen molar-refractivity contribution in [1.29, 1.82) is 0 Å². The van der Waals surface area contributed by atoms with Gasteiger partial charge in [-0.15, -0.1) is 0 Å². The molecule has 1 rings (SSSR count). The van der Waals surface area contributed by atoms with Gasteiger partial charge in [-0.2, -0.15) is 11.8 Å². The van der Waals surface area contributed by atoms with Crippen molar-refractivity contribution in [2.45, 2.75) is 38.0 Å². The Balaban J connectivity index is 1.83. The zero-order chi connectivity index (χ0) is 9.52. The lowest BCUT2D eigenvalue weighted by Crippen LogP contribution is -2.34. The fraction of sp³-hybridized carbons (Fsp3) is 1.00. The Kier molecular flexibility index (Phi) is 5.83. The van der Waals surface area contributed by atoms with Crippen LogP contribution in [-0.2, 0) is 0 Å². The molecular formula is C10H22N2S. The van der Waals surface area contributed by atoms with Crippen LogP contribution >= 0.6 is 11.8 Å². The largest absolute Gasteiger partial charge is 0.314 e. The predicted octanol–water partition coefficient (Wildman–Crippen LogP) is 1.47. The molecule has 1 saturated heterocycles. The SMILES string of the molecule is CC(C)NCCNCC1CCCS1. The molecule has 1 unspecified atom stereocenters. The quantitative estimate of drug-likeness (QED) is 0.638. The first-order valence-electron chi connectivity index (χ1n) is 5.34. The van der Waals surface area contributed by atoms with Crippen molar-refractivity contribution < 1.29 is 0 Å². The van der Waals surface area contributed by atoms with Crippen molar-refractivity contribution in [1.82, 2.24) is 10.6 Å². The molecule has 78 valence electrons. The first kappa shape index (κ1) is 11.3. The van der Waals surface area contributed by atoms with E-state index >= 15 is 0 Å². The molecule has 0 saturated carbocycles. The second kappa shape index (κ2) is 6.68. The van der Waals surface area contributed by atoms with E-state index in [1.54, 1.807) is 0 Å². The summed E-state index contributed by atoms with van der Waals surface area (Å²) in [6.07, 6.45) is 2.83. The van der Waals surface area contributed by atoms with Crippen LogP contribution in [0.3, 0.4) is 0 Å². The topological polar surface area (TPSA) is 24.1 Å². The van der Waals surface area contributed by atoms with Gasteiger partial charge in [0.2, 0.25) is 0 Å². The molecule has 1 heterocycles. The smallest absolute Gasteiger partial charge is 0.0172 e. The minimum absolute atomic E-state index is 0.614. The van der Waals surface area contributed by atoms with Crippen LogP contribution in [0.25, 0.3) is 0 Å². The molecule has 2 nitrogen and oxygen atoms in total. The summed E-state index contributed by atoms with van der Waals surface area (Å²) >= 11 is 2.12. The van der Waals surface area contributed by atoms with Crippen molar-refractivity contribution in [2.75, 3.05) is 25.4 Å². The summed E-state index contributed by atoms with van der Waals surface area (Å²) in [6, 6.07) is 0.614. The minimum Gasteiger partial charge on any atom is -0.314 e. The zero-order valence-electron chi connectivity index (χ0n) is 8.81. The third kappa shape index (κ3) is 5.55. The van der Waals surface area contributed by atoms with E-state index in [-0.39, 0.29) is 0 Å². The zero-order valence-corrected chi connectivity index (χ0v) is 9.62. The molecule has 1 fully saturated rings. The first-order chi connectivity index (χ1) is 6.29. The molecule has 0 radical (unpaired) electrons. The van der Waals surface area contributed by atoms with Gasteiger partial charge in [-0.25, -0.2) is 0 Å². The van der Waals surface area contributed by atoms with Crippen molar-refractivity contribution in [3.63, 3.8) is 0 Å². The van der Waals surface area contributed by atoms with Crippen molar-refractivity contribution in [3.8, 4) is 0 Å². The summed E-state index contributed by atoms with van der Waals surface area (Å²) in [6.45, 7) is 7.77. The van der Waals surface area contributed by atoms with Gasteiger partial charge in [0.05, 0.1) is 0 Å². The molecule has 0 aromatic heterocycles. The summed E-state index contributed by atoms with van der Waals surface area (Å²) in [7, 11) is 0. The van der Waals surface area contributed by atoms with E-state index < -0.39 is 0 Å². The van der Waals surface area contributed by atoms with Gasteiger partial charge in [0.25, 0.3) is 0 Å². The monoisotopic (exact) mass is 202 g/mol. The van der Waals surface area contributed by atoms with Crippen molar-refractivity contribution in [2.24, 2.45) is 0 Å². The fourth-order valence-electron chi connectivity index (χ4n) is 1.52. The van der Waals surface area contributed by atoms with Gasteiger partial charge >= 0.3 is 0 Å². The van der Waals surface area contributed by atoms with Crippen LogP contribution in [0.1, 0.15) is 26.7 Å². The van der Waals surface area contributed by atoms with Gasteiger partial charge in [0, 0.05) is 30.9 Å². The van der Waals surface area contributed by atoms with Crippen LogP contribution in [0.2, 0.25) is 0 Å². The van der Waals surface area contributed by atoms with Crippen molar-refractivity contribution in [3.05, 3.63) is 0 Å². The van der Waals surface area contributed by atoms with E-state index in [2.05, 4.69) is 36.2 Å². The van der Waals surface area contributed by atoms with E-state index in [4.69, 9.17) is 0 Å². The predicted molar refractivity (Wildman–Crippen MR) is 61.5 cm³/mol. The highest BCUT2D eigenvalue weighted by Gasteiger charge is 2.14. The Hall–Kier alpha value is 0.270. The first-order valence-corrected chi connectivity index (χ1v) is 6.39. The Bertz CT molecular complexity index is 122. The van der Waals surface area contributed by atoms with E-state index in [0.717, 1.165) is 18.3 Å². The lowest BCUT2D eigenvalue weighted by molar-refractivity contribution is 0.551. The van der Waals surface area contributed by atoms with Crippen LogP contribution < -0.4 is 10.6 Å². The van der Waals surface area contributed by atoms with Gasteiger partial charge in [-0.05, 0) is 18.6 Å². The maximum atomic E-state index is 3.50. The lowest BCUT2D eigenvalue weighted by Gasteiger charge is -2.11. The second-order valence-corrected chi connectivity index (χ2v) is 5.36. The number of hydrogen-bond donors (Lipinski definition) is 2. The molecule has 0 aromatic carbocycles. The van der Waals surface area contributed by atoms with E-state index in [0.29, 0.717) is 6.04 Å². The van der Waals surface area contributed by atoms with Gasteiger partial charge in [-0.1, -0.05) is 13.8 Å². The summed E-state index contributed by atoms with van der Waals surface area (Å²) in [5.41, 5.74) is 0. The standard InChI is InChI=1S/C10H22N2S/c1-9(2)12-6-5-11-8-10-4-3-7-13-10/h9-12H,3-8H2,1-2H3. The van der Waals surface area contributed by atoms with E-state index in [1.165, 1.54) is 25.1 Å². The molecule has 1 aliphatic rings. The highest BCUT2D eigenvalue weighted by atomic mass is 32.2. The van der Waals surface area contributed by atoms with Crippen LogP contribution in [0, 0.1) is 0 Å². The Morgan fingerprint density at radius 2 is 2.23 bits per heavy atom. The molecule has 13 heavy (non-hydrogen) atoms. The fourth-order valence-corrected chi connectivity index (χ4v) is 2.75. The molecular weight excluding hydrogens is 180 g/mol. The van der Waals surface area contributed by atoms with E-state index in [1.807, 2.05) is 0 Å².